The fourth-order valence-corrected chi connectivity index (χ4v) is 2.35. The number of H-pyrrole nitrogens is 1. The monoisotopic (exact) mass is 261 g/mol. The second kappa shape index (κ2) is 5.84. The van der Waals surface area contributed by atoms with E-state index in [0.29, 0.717) is 0 Å². The van der Waals surface area contributed by atoms with Crippen LogP contribution in [-0.4, -0.2) is 39.5 Å². The summed E-state index contributed by atoms with van der Waals surface area (Å²) in [5.74, 6) is -0.585. The molecule has 1 heterocycles. The second-order valence-electron chi connectivity index (χ2n) is 5.15. The van der Waals surface area contributed by atoms with E-state index in [1.807, 2.05) is 20.0 Å². The third-order valence-corrected chi connectivity index (χ3v) is 3.08. The lowest BCUT2D eigenvalue weighted by atomic mass is 10.1. The molecule has 1 unspecified atom stereocenters. The lowest BCUT2D eigenvalue weighted by Gasteiger charge is -2.20. The van der Waals surface area contributed by atoms with Gasteiger partial charge in [-0.25, -0.2) is 4.98 Å². The van der Waals surface area contributed by atoms with Gasteiger partial charge < -0.3 is 15.0 Å². The van der Waals surface area contributed by atoms with Crippen molar-refractivity contribution < 1.29 is 9.90 Å². The molecule has 102 valence electrons. The highest BCUT2D eigenvalue weighted by atomic mass is 16.4. The van der Waals surface area contributed by atoms with Gasteiger partial charge >= 0.3 is 5.97 Å². The van der Waals surface area contributed by atoms with Gasteiger partial charge in [0.25, 0.3) is 0 Å². The Labute approximate surface area is 112 Å². The highest BCUT2D eigenvalue weighted by molar-refractivity contribution is 5.75. The van der Waals surface area contributed by atoms with Crippen LogP contribution in [0.5, 0.6) is 0 Å². The first-order chi connectivity index (χ1) is 9.04. The van der Waals surface area contributed by atoms with Crippen LogP contribution >= 0.6 is 0 Å². The third kappa shape index (κ3) is 3.79. The van der Waals surface area contributed by atoms with Gasteiger partial charge in [-0.05, 0) is 30.7 Å². The van der Waals surface area contributed by atoms with Crippen LogP contribution in [0.4, 0.5) is 0 Å². The average Bonchev–Trinajstić information content (AvgIpc) is 2.74. The highest BCUT2D eigenvalue weighted by Crippen LogP contribution is 2.14. The number of carboxylic acids is 1. The largest absolute Gasteiger partial charge is 0.481 e. The fourth-order valence-electron chi connectivity index (χ4n) is 2.35. The van der Waals surface area contributed by atoms with E-state index < -0.39 is 5.97 Å². The summed E-state index contributed by atoms with van der Waals surface area (Å²) in [6, 6.07) is 6.14. The molecule has 0 spiro atoms. The molecule has 0 saturated carbocycles. The van der Waals surface area contributed by atoms with Crippen LogP contribution in [0.1, 0.15) is 18.9 Å². The quantitative estimate of drug-likeness (QED) is 0.835. The number of hydrogen-bond acceptors (Lipinski definition) is 3. The summed E-state index contributed by atoms with van der Waals surface area (Å²) in [5.41, 5.74) is 3.19. The predicted molar refractivity (Wildman–Crippen MR) is 73.8 cm³/mol. The molecular weight excluding hydrogens is 242 g/mol. The Bertz CT molecular complexity index is 565. The molecule has 0 aliphatic carbocycles. The molecule has 2 rings (SSSR count). The van der Waals surface area contributed by atoms with Gasteiger partial charge in [0, 0.05) is 19.5 Å². The van der Waals surface area contributed by atoms with Gasteiger partial charge in [-0.3, -0.25) is 4.79 Å². The number of aromatic amines is 1. The Hall–Kier alpha value is -1.88. The number of nitrogens with one attached hydrogen (secondary N) is 1. The van der Waals surface area contributed by atoms with E-state index in [2.05, 4.69) is 27.0 Å². The number of rotatable bonds is 6. The Balaban J connectivity index is 1.94. The van der Waals surface area contributed by atoms with Gasteiger partial charge in [-0.15, -0.1) is 0 Å². The molecule has 0 radical (unpaired) electrons. The van der Waals surface area contributed by atoms with Crippen molar-refractivity contribution in [1.29, 1.82) is 0 Å². The van der Waals surface area contributed by atoms with Crippen molar-refractivity contribution in [3.8, 4) is 0 Å². The maximum absolute atomic E-state index is 10.6. The molecule has 19 heavy (non-hydrogen) atoms. The molecule has 0 bridgehead atoms. The SMILES string of the molecule is CC(CC(=O)O)CN(C)Cc1ccc2nc[nH]c2c1. The summed E-state index contributed by atoms with van der Waals surface area (Å²) >= 11 is 0. The first kappa shape index (κ1) is 13.5. The Kier molecular flexibility index (Phi) is 4.16. The van der Waals surface area contributed by atoms with Gasteiger partial charge in [0.15, 0.2) is 0 Å². The van der Waals surface area contributed by atoms with Crippen LogP contribution in [0.25, 0.3) is 11.0 Å². The summed E-state index contributed by atoms with van der Waals surface area (Å²) in [6.45, 7) is 3.54. The van der Waals surface area contributed by atoms with Gasteiger partial charge in [-0.2, -0.15) is 0 Å². The van der Waals surface area contributed by atoms with Crippen LogP contribution in [0.3, 0.4) is 0 Å². The van der Waals surface area contributed by atoms with Crippen LogP contribution in [0.15, 0.2) is 24.5 Å². The lowest BCUT2D eigenvalue weighted by Crippen LogP contribution is -2.25. The van der Waals surface area contributed by atoms with E-state index in [1.165, 1.54) is 5.56 Å². The number of nitrogens with zero attached hydrogens (tertiary/aromatic N) is 2. The first-order valence-electron chi connectivity index (χ1n) is 6.37. The molecule has 2 N–H and O–H groups in total. The van der Waals surface area contributed by atoms with Crippen molar-refractivity contribution in [3.05, 3.63) is 30.1 Å². The van der Waals surface area contributed by atoms with Crippen molar-refractivity contribution >= 4 is 17.0 Å². The third-order valence-electron chi connectivity index (χ3n) is 3.08. The zero-order valence-electron chi connectivity index (χ0n) is 11.3. The van der Waals surface area contributed by atoms with E-state index in [9.17, 15) is 4.79 Å². The minimum absolute atomic E-state index is 0.151. The van der Waals surface area contributed by atoms with E-state index >= 15 is 0 Å². The number of fused-ring (bicyclic) bond motifs is 1. The standard InChI is InChI=1S/C14H19N3O2/c1-10(5-14(18)19)7-17(2)8-11-3-4-12-13(6-11)16-9-15-12/h3-4,6,9-10H,5,7-8H2,1-2H3,(H,15,16)(H,18,19). The summed E-state index contributed by atoms with van der Waals surface area (Å²) in [6.07, 6.45) is 1.90. The molecule has 1 aromatic heterocycles. The van der Waals surface area contributed by atoms with Gasteiger partial charge in [-0.1, -0.05) is 13.0 Å². The summed E-state index contributed by atoms with van der Waals surface area (Å²) in [5, 5.41) is 8.75. The van der Waals surface area contributed by atoms with Gasteiger partial charge in [0.2, 0.25) is 0 Å². The summed E-state index contributed by atoms with van der Waals surface area (Å²) in [7, 11) is 2.01. The molecule has 0 fully saturated rings. The van der Waals surface area contributed by atoms with Gasteiger partial charge in [0.1, 0.15) is 0 Å². The zero-order valence-corrected chi connectivity index (χ0v) is 11.3. The minimum atomic E-state index is -0.736. The number of carbonyl (C=O) groups is 1. The molecule has 5 heteroatoms. The molecule has 1 aromatic carbocycles. The number of hydrogen-bond donors (Lipinski definition) is 2. The van der Waals surface area contributed by atoms with E-state index in [1.54, 1.807) is 6.33 Å². The molecule has 0 aliphatic heterocycles. The van der Waals surface area contributed by atoms with E-state index in [0.717, 1.165) is 24.1 Å². The van der Waals surface area contributed by atoms with Crippen LogP contribution in [0, 0.1) is 5.92 Å². The molecular formula is C14H19N3O2. The minimum Gasteiger partial charge on any atom is -0.481 e. The molecule has 0 aliphatic rings. The second-order valence-corrected chi connectivity index (χ2v) is 5.15. The fraction of sp³-hybridized carbons (Fsp3) is 0.429. The van der Waals surface area contributed by atoms with Crippen molar-refractivity contribution in [1.82, 2.24) is 14.9 Å². The molecule has 0 amide bonds. The Morgan fingerprint density at radius 2 is 2.32 bits per heavy atom. The molecule has 1 atom stereocenters. The van der Waals surface area contributed by atoms with Crippen molar-refractivity contribution in [3.63, 3.8) is 0 Å². The Morgan fingerprint density at radius 1 is 1.53 bits per heavy atom. The van der Waals surface area contributed by atoms with Crippen LogP contribution in [0.2, 0.25) is 0 Å². The Morgan fingerprint density at radius 3 is 3.05 bits per heavy atom. The average molecular weight is 261 g/mol. The number of benzene rings is 1. The maximum atomic E-state index is 10.6. The molecule has 2 aromatic rings. The topological polar surface area (TPSA) is 69.2 Å². The van der Waals surface area contributed by atoms with Crippen molar-refractivity contribution in [2.24, 2.45) is 5.92 Å². The van der Waals surface area contributed by atoms with Gasteiger partial charge in [0.05, 0.1) is 17.4 Å². The number of imidazole rings is 1. The molecule has 0 saturated heterocycles. The highest BCUT2D eigenvalue weighted by Gasteiger charge is 2.11. The van der Waals surface area contributed by atoms with E-state index in [4.69, 9.17) is 5.11 Å². The van der Waals surface area contributed by atoms with E-state index in [-0.39, 0.29) is 12.3 Å². The summed E-state index contributed by atoms with van der Waals surface area (Å²) < 4.78 is 0. The zero-order chi connectivity index (χ0) is 13.8. The smallest absolute Gasteiger partial charge is 0.303 e. The number of aliphatic carboxylic acids is 1. The molecule has 5 nitrogen and oxygen atoms in total. The lowest BCUT2D eigenvalue weighted by molar-refractivity contribution is -0.138. The normalized spacial score (nSPS) is 13.0. The first-order valence-corrected chi connectivity index (χ1v) is 6.37. The summed E-state index contributed by atoms with van der Waals surface area (Å²) in [4.78, 5) is 20.1. The number of aromatic nitrogens is 2. The predicted octanol–water partition coefficient (Wildman–Crippen LogP) is 2.11. The van der Waals surface area contributed by atoms with Crippen LogP contribution < -0.4 is 0 Å². The van der Waals surface area contributed by atoms with Crippen molar-refractivity contribution in [2.45, 2.75) is 19.9 Å². The van der Waals surface area contributed by atoms with Crippen molar-refractivity contribution in [2.75, 3.05) is 13.6 Å². The maximum Gasteiger partial charge on any atom is 0.303 e. The van der Waals surface area contributed by atoms with Crippen LogP contribution in [-0.2, 0) is 11.3 Å². The number of carboxylic acid groups (broad SMARTS) is 1.